The summed E-state index contributed by atoms with van der Waals surface area (Å²) < 4.78 is 5.57. The van der Waals surface area contributed by atoms with E-state index in [2.05, 4.69) is 13.0 Å². The molecular weight excluding hydrogens is 176 g/mol. The molecule has 0 bridgehead atoms. The first kappa shape index (κ1) is 11.1. The Morgan fingerprint density at radius 1 is 1.36 bits per heavy atom. The number of aryl methyl sites for hydroxylation is 1. The van der Waals surface area contributed by atoms with Crippen LogP contribution in [0.5, 0.6) is 5.75 Å². The number of benzene rings is 1. The molecule has 0 aliphatic carbocycles. The van der Waals surface area contributed by atoms with Gasteiger partial charge in [0.1, 0.15) is 11.9 Å². The van der Waals surface area contributed by atoms with Crippen LogP contribution >= 0.6 is 0 Å². The fourth-order valence-electron chi connectivity index (χ4n) is 1.15. The van der Waals surface area contributed by atoms with Crippen molar-refractivity contribution in [3.63, 3.8) is 0 Å². The van der Waals surface area contributed by atoms with E-state index in [1.165, 1.54) is 5.56 Å². The van der Waals surface area contributed by atoms with Gasteiger partial charge in [0.05, 0.1) is 6.10 Å². The third kappa shape index (κ3) is 3.04. The van der Waals surface area contributed by atoms with Gasteiger partial charge in [-0.1, -0.05) is 19.1 Å². The van der Waals surface area contributed by atoms with Crippen LogP contribution in [0.2, 0.25) is 0 Å². The largest absolute Gasteiger partial charge is 0.488 e. The molecule has 0 heterocycles. The maximum atomic E-state index is 9.28. The van der Waals surface area contributed by atoms with Crippen LogP contribution in [0.3, 0.4) is 0 Å². The van der Waals surface area contributed by atoms with Gasteiger partial charge in [-0.15, -0.1) is 0 Å². The minimum absolute atomic E-state index is 0.165. The second-order valence-electron chi connectivity index (χ2n) is 3.56. The number of rotatable bonds is 4. The number of hydrogen-bond acceptors (Lipinski definition) is 2. The van der Waals surface area contributed by atoms with E-state index in [1.807, 2.05) is 25.1 Å². The van der Waals surface area contributed by atoms with E-state index in [4.69, 9.17) is 4.74 Å². The summed E-state index contributed by atoms with van der Waals surface area (Å²) in [5.74, 6) is 0.831. The van der Waals surface area contributed by atoms with Gasteiger partial charge in [0, 0.05) is 0 Å². The topological polar surface area (TPSA) is 29.5 Å². The molecule has 2 nitrogen and oxygen atoms in total. The standard InChI is InChI=1S/C12H18O2/c1-4-11-6-5-7-12(8-11)14-10(3)9(2)13/h5-10,13H,4H2,1-3H3/t9-,10?/m1/s1. The van der Waals surface area contributed by atoms with Crippen molar-refractivity contribution >= 4 is 0 Å². The molecule has 1 aromatic rings. The lowest BCUT2D eigenvalue weighted by Gasteiger charge is -2.17. The Hall–Kier alpha value is -1.02. The van der Waals surface area contributed by atoms with Gasteiger partial charge in [-0.3, -0.25) is 0 Å². The maximum Gasteiger partial charge on any atom is 0.121 e. The summed E-state index contributed by atoms with van der Waals surface area (Å²) in [6.45, 7) is 5.70. The van der Waals surface area contributed by atoms with Crippen LogP contribution < -0.4 is 4.74 Å². The van der Waals surface area contributed by atoms with Crippen molar-refractivity contribution in [2.75, 3.05) is 0 Å². The highest BCUT2D eigenvalue weighted by atomic mass is 16.5. The normalized spacial score (nSPS) is 14.9. The van der Waals surface area contributed by atoms with Crippen molar-refractivity contribution in [3.05, 3.63) is 29.8 Å². The van der Waals surface area contributed by atoms with Gasteiger partial charge >= 0.3 is 0 Å². The van der Waals surface area contributed by atoms with E-state index >= 15 is 0 Å². The Labute approximate surface area is 85.5 Å². The second-order valence-corrected chi connectivity index (χ2v) is 3.56. The molecule has 1 N–H and O–H groups in total. The molecule has 0 aliphatic rings. The van der Waals surface area contributed by atoms with Crippen LogP contribution in [0.1, 0.15) is 26.3 Å². The first-order valence-electron chi connectivity index (χ1n) is 5.07. The quantitative estimate of drug-likeness (QED) is 0.797. The smallest absolute Gasteiger partial charge is 0.121 e. The molecule has 78 valence electrons. The maximum absolute atomic E-state index is 9.28. The lowest BCUT2D eigenvalue weighted by atomic mass is 10.1. The Morgan fingerprint density at radius 3 is 2.64 bits per heavy atom. The number of hydrogen-bond donors (Lipinski definition) is 1. The lowest BCUT2D eigenvalue weighted by molar-refractivity contribution is 0.0604. The fraction of sp³-hybridized carbons (Fsp3) is 0.500. The van der Waals surface area contributed by atoms with E-state index in [0.29, 0.717) is 0 Å². The summed E-state index contributed by atoms with van der Waals surface area (Å²) in [5, 5.41) is 9.28. The third-order valence-corrected chi connectivity index (χ3v) is 2.31. The molecule has 0 saturated heterocycles. The average Bonchev–Trinajstić information content (AvgIpc) is 2.18. The van der Waals surface area contributed by atoms with E-state index in [9.17, 15) is 5.11 Å². The molecule has 0 saturated carbocycles. The minimum Gasteiger partial charge on any atom is -0.488 e. The number of aliphatic hydroxyl groups excluding tert-OH is 1. The summed E-state index contributed by atoms with van der Waals surface area (Å²) in [6, 6.07) is 7.97. The first-order chi connectivity index (χ1) is 6.63. The SMILES string of the molecule is CCc1cccc(OC(C)[C@@H](C)O)c1. The van der Waals surface area contributed by atoms with Crippen molar-refractivity contribution in [3.8, 4) is 5.75 Å². The summed E-state index contributed by atoms with van der Waals surface area (Å²) in [4.78, 5) is 0. The van der Waals surface area contributed by atoms with Gasteiger partial charge < -0.3 is 9.84 Å². The molecule has 1 aromatic carbocycles. The van der Waals surface area contributed by atoms with Crippen molar-refractivity contribution in [1.82, 2.24) is 0 Å². The Morgan fingerprint density at radius 2 is 2.07 bits per heavy atom. The molecule has 1 unspecified atom stereocenters. The van der Waals surface area contributed by atoms with Gasteiger partial charge in [0.15, 0.2) is 0 Å². The van der Waals surface area contributed by atoms with Crippen molar-refractivity contribution in [1.29, 1.82) is 0 Å². The molecule has 0 spiro atoms. The molecule has 0 amide bonds. The predicted molar refractivity (Wildman–Crippen MR) is 57.6 cm³/mol. The summed E-state index contributed by atoms with van der Waals surface area (Å²) in [6.07, 6.45) is 0.391. The summed E-state index contributed by atoms with van der Waals surface area (Å²) in [5.41, 5.74) is 1.25. The summed E-state index contributed by atoms with van der Waals surface area (Å²) >= 11 is 0. The van der Waals surface area contributed by atoms with Crippen molar-refractivity contribution in [2.45, 2.75) is 39.4 Å². The zero-order valence-electron chi connectivity index (χ0n) is 9.03. The highest BCUT2D eigenvalue weighted by Crippen LogP contribution is 2.16. The van der Waals surface area contributed by atoms with Gasteiger partial charge in [-0.05, 0) is 38.0 Å². The highest BCUT2D eigenvalue weighted by Gasteiger charge is 2.09. The predicted octanol–water partition coefficient (Wildman–Crippen LogP) is 2.40. The second kappa shape index (κ2) is 5.01. The average molecular weight is 194 g/mol. The molecule has 2 heteroatoms. The fourth-order valence-corrected chi connectivity index (χ4v) is 1.15. The molecule has 1 rings (SSSR count). The number of ether oxygens (including phenoxy) is 1. The first-order valence-corrected chi connectivity index (χ1v) is 5.07. The van der Waals surface area contributed by atoms with Gasteiger partial charge in [0.25, 0.3) is 0 Å². The van der Waals surface area contributed by atoms with E-state index in [1.54, 1.807) is 6.92 Å². The highest BCUT2D eigenvalue weighted by molar-refractivity contribution is 5.28. The molecule has 0 aromatic heterocycles. The van der Waals surface area contributed by atoms with E-state index in [0.717, 1.165) is 12.2 Å². The molecule has 0 radical (unpaired) electrons. The number of aliphatic hydroxyl groups is 1. The van der Waals surface area contributed by atoms with Gasteiger partial charge in [-0.2, -0.15) is 0 Å². The monoisotopic (exact) mass is 194 g/mol. The molecular formula is C12H18O2. The van der Waals surface area contributed by atoms with Crippen LogP contribution in [0.4, 0.5) is 0 Å². The van der Waals surface area contributed by atoms with Crippen molar-refractivity contribution in [2.24, 2.45) is 0 Å². The van der Waals surface area contributed by atoms with Crippen LogP contribution in [-0.4, -0.2) is 17.3 Å². The molecule has 14 heavy (non-hydrogen) atoms. The van der Waals surface area contributed by atoms with E-state index in [-0.39, 0.29) is 6.10 Å². The Kier molecular flexibility index (Phi) is 3.96. The molecule has 2 atom stereocenters. The van der Waals surface area contributed by atoms with Gasteiger partial charge in [0.2, 0.25) is 0 Å². The Bertz CT molecular complexity index is 281. The van der Waals surface area contributed by atoms with Crippen LogP contribution in [-0.2, 0) is 6.42 Å². The summed E-state index contributed by atoms with van der Waals surface area (Å²) in [7, 11) is 0. The van der Waals surface area contributed by atoms with Crippen LogP contribution in [0.25, 0.3) is 0 Å². The third-order valence-electron chi connectivity index (χ3n) is 2.31. The van der Waals surface area contributed by atoms with Crippen LogP contribution in [0, 0.1) is 0 Å². The van der Waals surface area contributed by atoms with Crippen molar-refractivity contribution < 1.29 is 9.84 Å². The van der Waals surface area contributed by atoms with Gasteiger partial charge in [-0.25, -0.2) is 0 Å². The van der Waals surface area contributed by atoms with E-state index < -0.39 is 6.10 Å². The zero-order chi connectivity index (χ0) is 10.6. The molecule has 0 aliphatic heterocycles. The molecule has 0 fully saturated rings. The Balaban J connectivity index is 2.66. The minimum atomic E-state index is -0.444. The van der Waals surface area contributed by atoms with Crippen LogP contribution in [0.15, 0.2) is 24.3 Å². The zero-order valence-corrected chi connectivity index (χ0v) is 9.03. The lowest BCUT2D eigenvalue weighted by Crippen LogP contribution is -2.25.